The summed E-state index contributed by atoms with van der Waals surface area (Å²) in [7, 11) is 1.85. The quantitative estimate of drug-likeness (QED) is 0.652. The molecule has 17 heavy (non-hydrogen) atoms. The number of carbonyl (C=O) groups is 1. The molecule has 0 radical (unpaired) electrons. The van der Waals surface area contributed by atoms with Gasteiger partial charge in [-0.15, -0.1) is 0 Å². The SMILES string of the molecule is CCOCCOC(C)C(=O)N(C)C1CCNC1. The van der Waals surface area contributed by atoms with Crippen molar-refractivity contribution in [3.05, 3.63) is 0 Å². The number of likely N-dealkylation sites (N-methyl/N-ethyl adjacent to an activating group) is 1. The van der Waals surface area contributed by atoms with Crippen LogP contribution in [0, 0.1) is 0 Å². The molecular weight excluding hydrogens is 220 g/mol. The summed E-state index contributed by atoms with van der Waals surface area (Å²) in [6.07, 6.45) is 0.634. The van der Waals surface area contributed by atoms with Gasteiger partial charge in [-0.05, 0) is 26.8 Å². The summed E-state index contributed by atoms with van der Waals surface area (Å²) >= 11 is 0. The summed E-state index contributed by atoms with van der Waals surface area (Å²) in [5.74, 6) is 0.0511. The van der Waals surface area contributed by atoms with Gasteiger partial charge >= 0.3 is 0 Å². The van der Waals surface area contributed by atoms with E-state index in [1.54, 1.807) is 11.8 Å². The van der Waals surface area contributed by atoms with Crippen LogP contribution in [0.2, 0.25) is 0 Å². The fourth-order valence-electron chi connectivity index (χ4n) is 1.94. The lowest BCUT2D eigenvalue weighted by Crippen LogP contribution is -2.44. The van der Waals surface area contributed by atoms with Gasteiger partial charge in [-0.3, -0.25) is 4.79 Å². The number of rotatable bonds is 7. The van der Waals surface area contributed by atoms with E-state index in [2.05, 4.69) is 5.32 Å². The smallest absolute Gasteiger partial charge is 0.251 e. The maximum Gasteiger partial charge on any atom is 0.251 e. The molecule has 0 spiro atoms. The second-order valence-electron chi connectivity index (χ2n) is 4.31. The predicted molar refractivity (Wildman–Crippen MR) is 66.0 cm³/mol. The van der Waals surface area contributed by atoms with Gasteiger partial charge in [0.2, 0.25) is 0 Å². The number of amides is 1. The van der Waals surface area contributed by atoms with E-state index in [1.807, 2.05) is 14.0 Å². The summed E-state index contributed by atoms with van der Waals surface area (Å²) in [5, 5.41) is 3.25. The van der Waals surface area contributed by atoms with Crippen molar-refractivity contribution in [2.24, 2.45) is 0 Å². The average Bonchev–Trinajstić information content (AvgIpc) is 2.86. The maximum absolute atomic E-state index is 12.0. The molecule has 1 aliphatic rings. The summed E-state index contributed by atoms with van der Waals surface area (Å²) in [6.45, 7) is 7.30. The third-order valence-electron chi connectivity index (χ3n) is 3.08. The van der Waals surface area contributed by atoms with Crippen LogP contribution in [-0.4, -0.2) is 62.9 Å². The van der Waals surface area contributed by atoms with Gasteiger partial charge in [-0.25, -0.2) is 0 Å². The lowest BCUT2D eigenvalue weighted by Gasteiger charge is -2.26. The first-order valence-corrected chi connectivity index (χ1v) is 6.33. The van der Waals surface area contributed by atoms with Gasteiger partial charge in [0, 0.05) is 26.2 Å². The first kappa shape index (κ1) is 14.4. The minimum absolute atomic E-state index is 0.0511. The Hall–Kier alpha value is -0.650. The summed E-state index contributed by atoms with van der Waals surface area (Å²) in [5.41, 5.74) is 0. The molecule has 0 aromatic carbocycles. The Morgan fingerprint density at radius 1 is 1.53 bits per heavy atom. The first-order valence-electron chi connectivity index (χ1n) is 6.33. The molecule has 0 aromatic heterocycles. The Morgan fingerprint density at radius 3 is 2.88 bits per heavy atom. The molecule has 2 unspecified atom stereocenters. The molecule has 1 heterocycles. The van der Waals surface area contributed by atoms with Crippen molar-refractivity contribution >= 4 is 5.91 Å². The van der Waals surface area contributed by atoms with E-state index in [0.717, 1.165) is 19.5 Å². The van der Waals surface area contributed by atoms with Crippen molar-refractivity contribution in [3.8, 4) is 0 Å². The average molecular weight is 244 g/mol. The van der Waals surface area contributed by atoms with Crippen LogP contribution >= 0.6 is 0 Å². The van der Waals surface area contributed by atoms with Gasteiger partial charge < -0.3 is 19.7 Å². The zero-order chi connectivity index (χ0) is 12.7. The Kier molecular flexibility index (Phi) is 6.47. The number of ether oxygens (including phenoxy) is 2. The predicted octanol–water partition coefficient (Wildman–Crippen LogP) is 0.248. The van der Waals surface area contributed by atoms with Gasteiger partial charge in [0.15, 0.2) is 0 Å². The molecule has 1 amide bonds. The van der Waals surface area contributed by atoms with E-state index in [0.29, 0.717) is 25.9 Å². The van der Waals surface area contributed by atoms with Crippen molar-refractivity contribution < 1.29 is 14.3 Å². The lowest BCUT2D eigenvalue weighted by atomic mass is 10.2. The van der Waals surface area contributed by atoms with Gasteiger partial charge in [-0.2, -0.15) is 0 Å². The van der Waals surface area contributed by atoms with Crippen LogP contribution < -0.4 is 5.32 Å². The Bertz CT molecular complexity index is 230. The minimum atomic E-state index is -0.388. The Labute approximate surface area is 103 Å². The number of carbonyl (C=O) groups excluding carboxylic acids is 1. The largest absolute Gasteiger partial charge is 0.379 e. The lowest BCUT2D eigenvalue weighted by molar-refractivity contribution is -0.144. The molecule has 100 valence electrons. The monoisotopic (exact) mass is 244 g/mol. The van der Waals surface area contributed by atoms with Gasteiger partial charge in [0.25, 0.3) is 5.91 Å². The molecular formula is C12H24N2O3. The van der Waals surface area contributed by atoms with E-state index in [-0.39, 0.29) is 12.0 Å². The number of nitrogens with zero attached hydrogens (tertiary/aromatic N) is 1. The molecule has 0 saturated carbocycles. The Balaban J connectivity index is 2.24. The molecule has 5 nitrogen and oxygen atoms in total. The van der Waals surface area contributed by atoms with E-state index in [1.165, 1.54) is 0 Å². The summed E-state index contributed by atoms with van der Waals surface area (Å²) < 4.78 is 10.6. The van der Waals surface area contributed by atoms with Crippen molar-refractivity contribution in [1.29, 1.82) is 0 Å². The summed E-state index contributed by atoms with van der Waals surface area (Å²) in [4.78, 5) is 13.8. The molecule has 0 bridgehead atoms. The van der Waals surface area contributed by atoms with E-state index in [9.17, 15) is 4.79 Å². The van der Waals surface area contributed by atoms with Crippen LogP contribution in [0.1, 0.15) is 20.3 Å². The minimum Gasteiger partial charge on any atom is -0.379 e. The third kappa shape index (κ3) is 4.61. The van der Waals surface area contributed by atoms with E-state index >= 15 is 0 Å². The van der Waals surface area contributed by atoms with Crippen LogP contribution in [0.5, 0.6) is 0 Å². The molecule has 2 atom stereocenters. The van der Waals surface area contributed by atoms with Crippen molar-refractivity contribution in [1.82, 2.24) is 10.2 Å². The van der Waals surface area contributed by atoms with E-state index in [4.69, 9.17) is 9.47 Å². The molecule has 1 fully saturated rings. The Morgan fingerprint density at radius 2 is 2.29 bits per heavy atom. The second kappa shape index (κ2) is 7.63. The van der Waals surface area contributed by atoms with Crippen LogP contribution in [0.15, 0.2) is 0 Å². The number of hydrogen-bond acceptors (Lipinski definition) is 4. The zero-order valence-electron chi connectivity index (χ0n) is 11.1. The second-order valence-corrected chi connectivity index (χ2v) is 4.31. The molecule has 5 heteroatoms. The highest BCUT2D eigenvalue weighted by Gasteiger charge is 2.26. The highest BCUT2D eigenvalue weighted by Crippen LogP contribution is 2.09. The van der Waals surface area contributed by atoms with Crippen LogP contribution in [-0.2, 0) is 14.3 Å². The molecule has 0 aromatic rings. The van der Waals surface area contributed by atoms with Crippen molar-refractivity contribution in [2.45, 2.75) is 32.4 Å². The molecule has 1 saturated heterocycles. The third-order valence-corrected chi connectivity index (χ3v) is 3.08. The van der Waals surface area contributed by atoms with Crippen LogP contribution in [0.3, 0.4) is 0 Å². The van der Waals surface area contributed by atoms with E-state index < -0.39 is 0 Å². The topological polar surface area (TPSA) is 50.8 Å². The number of nitrogens with one attached hydrogen (secondary N) is 1. The number of hydrogen-bond donors (Lipinski definition) is 1. The molecule has 0 aliphatic carbocycles. The first-order chi connectivity index (χ1) is 8.16. The summed E-state index contributed by atoms with van der Waals surface area (Å²) in [6, 6.07) is 0.306. The van der Waals surface area contributed by atoms with Crippen molar-refractivity contribution in [3.63, 3.8) is 0 Å². The highest BCUT2D eigenvalue weighted by atomic mass is 16.5. The zero-order valence-corrected chi connectivity index (χ0v) is 11.1. The van der Waals surface area contributed by atoms with Gasteiger partial charge in [-0.1, -0.05) is 0 Å². The molecule has 1 aliphatic heterocycles. The molecule has 1 rings (SSSR count). The van der Waals surface area contributed by atoms with Crippen molar-refractivity contribution in [2.75, 3.05) is 40.0 Å². The van der Waals surface area contributed by atoms with Crippen LogP contribution in [0.4, 0.5) is 0 Å². The van der Waals surface area contributed by atoms with Gasteiger partial charge in [0.1, 0.15) is 6.10 Å². The van der Waals surface area contributed by atoms with Gasteiger partial charge in [0.05, 0.1) is 13.2 Å². The normalized spacial score (nSPS) is 21.5. The maximum atomic E-state index is 12.0. The molecule has 1 N–H and O–H groups in total. The fourth-order valence-corrected chi connectivity index (χ4v) is 1.94. The van der Waals surface area contributed by atoms with Crippen LogP contribution in [0.25, 0.3) is 0 Å². The standard InChI is InChI=1S/C12H24N2O3/c1-4-16-7-8-17-10(2)12(15)14(3)11-5-6-13-9-11/h10-11,13H,4-9H2,1-3H3. The highest BCUT2D eigenvalue weighted by molar-refractivity contribution is 5.80. The fraction of sp³-hybridized carbons (Fsp3) is 0.917.